The number of hydrogen-bond donors (Lipinski definition) is 1. The zero-order valence-electron chi connectivity index (χ0n) is 6.78. The zero-order chi connectivity index (χ0) is 10.9. The lowest BCUT2D eigenvalue weighted by Gasteiger charge is -2.14. The minimum atomic E-state index is -2.72. The summed E-state index contributed by atoms with van der Waals surface area (Å²) in [5.41, 5.74) is 5.25. The topological polar surface area (TPSA) is 26.0 Å². The Morgan fingerprint density at radius 2 is 1.50 bits per heavy atom. The van der Waals surface area contributed by atoms with Crippen LogP contribution >= 0.6 is 34.8 Å². The second-order valence-electron chi connectivity index (χ2n) is 2.64. The predicted octanol–water partition coefficient (Wildman–Crippen LogP) is 3.91. The van der Waals surface area contributed by atoms with Crippen molar-refractivity contribution >= 4 is 34.8 Å². The fraction of sp³-hybridized carbons (Fsp3) is 0.250. The molecule has 0 aliphatic rings. The highest BCUT2D eigenvalue weighted by atomic mass is 35.5. The molecule has 0 radical (unpaired) electrons. The van der Waals surface area contributed by atoms with E-state index in [1.807, 2.05) is 0 Å². The Morgan fingerprint density at radius 3 is 1.86 bits per heavy atom. The number of halogens is 5. The minimum Gasteiger partial charge on any atom is -0.319 e. The molecule has 0 amide bonds. The molecule has 1 atom stereocenters. The maximum atomic E-state index is 12.3. The maximum absolute atomic E-state index is 12.3. The Balaban J connectivity index is 3.20. The van der Waals surface area contributed by atoms with Gasteiger partial charge in [0.05, 0.1) is 6.04 Å². The summed E-state index contributed by atoms with van der Waals surface area (Å²) in [4.78, 5) is 0. The average Bonchev–Trinajstić information content (AvgIpc) is 2.01. The standard InChI is InChI=1S/C8H6Cl3F2N/c9-3-1-4(10)6(5(11)2-3)7(14)8(12)13/h1-2,7-8H,14H2. The van der Waals surface area contributed by atoms with Crippen molar-refractivity contribution in [2.24, 2.45) is 5.73 Å². The van der Waals surface area contributed by atoms with Crippen LogP contribution in [-0.2, 0) is 0 Å². The fourth-order valence-electron chi connectivity index (χ4n) is 0.998. The van der Waals surface area contributed by atoms with Crippen LogP contribution in [0.25, 0.3) is 0 Å². The van der Waals surface area contributed by atoms with Gasteiger partial charge in [-0.3, -0.25) is 0 Å². The van der Waals surface area contributed by atoms with E-state index in [1.165, 1.54) is 12.1 Å². The van der Waals surface area contributed by atoms with Crippen LogP contribution in [0, 0.1) is 0 Å². The molecule has 1 nitrogen and oxygen atoms in total. The van der Waals surface area contributed by atoms with Crippen LogP contribution in [0.3, 0.4) is 0 Å². The van der Waals surface area contributed by atoms with E-state index in [1.54, 1.807) is 0 Å². The lowest BCUT2D eigenvalue weighted by atomic mass is 10.1. The van der Waals surface area contributed by atoms with Crippen LogP contribution in [0.2, 0.25) is 15.1 Å². The Morgan fingerprint density at radius 1 is 1.07 bits per heavy atom. The van der Waals surface area contributed by atoms with E-state index in [4.69, 9.17) is 40.5 Å². The predicted molar refractivity (Wildman–Crippen MR) is 54.4 cm³/mol. The van der Waals surface area contributed by atoms with Gasteiger partial charge in [-0.15, -0.1) is 0 Å². The van der Waals surface area contributed by atoms with Crippen LogP contribution in [0.5, 0.6) is 0 Å². The summed E-state index contributed by atoms with van der Waals surface area (Å²) >= 11 is 17.0. The van der Waals surface area contributed by atoms with Crippen molar-refractivity contribution in [2.75, 3.05) is 0 Å². The number of hydrogen-bond acceptors (Lipinski definition) is 1. The molecule has 0 heterocycles. The lowest BCUT2D eigenvalue weighted by Crippen LogP contribution is -2.19. The van der Waals surface area contributed by atoms with E-state index in [0.717, 1.165) is 0 Å². The van der Waals surface area contributed by atoms with E-state index in [9.17, 15) is 8.78 Å². The highest BCUT2D eigenvalue weighted by Gasteiger charge is 2.23. The average molecular weight is 260 g/mol. The van der Waals surface area contributed by atoms with Crippen molar-refractivity contribution in [1.82, 2.24) is 0 Å². The molecule has 0 aromatic heterocycles. The Bertz CT molecular complexity index is 320. The van der Waals surface area contributed by atoms with Crippen LogP contribution in [0.4, 0.5) is 8.78 Å². The first kappa shape index (κ1) is 12.0. The molecule has 0 aliphatic carbocycles. The van der Waals surface area contributed by atoms with Gasteiger partial charge >= 0.3 is 0 Å². The SMILES string of the molecule is NC(c1c(Cl)cc(Cl)cc1Cl)C(F)F. The van der Waals surface area contributed by atoms with Crippen molar-refractivity contribution in [3.05, 3.63) is 32.8 Å². The normalized spacial score (nSPS) is 13.4. The van der Waals surface area contributed by atoms with E-state index < -0.39 is 12.5 Å². The minimum absolute atomic E-state index is 0.0210. The molecule has 1 unspecified atom stereocenters. The third-order valence-corrected chi connectivity index (χ3v) is 2.49. The van der Waals surface area contributed by atoms with Gasteiger partial charge < -0.3 is 5.73 Å². The highest BCUT2D eigenvalue weighted by molar-refractivity contribution is 6.39. The Kier molecular flexibility index (Phi) is 3.95. The van der Waals surface area contributed by atoms with Gasteiger partial charge in [0.2, 0.25) is 0 Å². The molecular weight excluding hydrogens is 254 g/mol. The zero-order valence-corrected chi connectivity index (χ0v) is 9.04. The van der Waals surface area contributed by atoms with Crippen molar-refractivity contribution in [3.8, 4) is 0 Å². The van der Waals surface area contributed by atoms with Gasteiger partial charge in [0, 0.05) is 20.6 Å². The second kappa shape index (κ2) is 4.62. The van der Waals surface area contributed by atoms with E-state index in [0.29, 0.717) is 0 Å². The van der Waals surface area contributed by atoms with Crippen molar-refractivity contribution in [2.45, 2.75) is 12.5 Å². The summed E-state index contributed by atoms with van der Waals surface area (Å²) in [5.74, 6) is 0. The molecule has 6 heteroatoms. The maximum Gasteiger partial charge on any atom is 0.257 e. The number of rotatable bonds is 2. The van der Waals surface area contributed by atoms with E-state index in [-0.39, 0.29) is 20.6 Å². The first-order valence-electron chi connectivity index (χ1n) is 3.61. The van der Waals surface area contributed by atoms with Gasteiger partial charge in [-0.05, 0) is 12.1 Å². The van der Waals surface area contributed by atoms with Crippen molar-refractivity contribution in [1.29, 1.82) is 0 Å². The summed E-state index contributed by atoms with van der Waals surface area (Å²) < 4.78 is 24.6. The summed E-state index contributed by atoms with van der Waals surface area (Å²) in [6.07, 6.45) is -2.72. The smallest absolute Gasteiger partial charge is 0.257 e. The van der Waals surface area contributed by atoms with Crippen LogP contribution in [-0.4, -0.2) is 6.43 Å². The number of alkyl halides is 2. The molecule has 0 bridgehead atoms. The van der Waals surface area contributed by atoms with Crippen LogP contribution < -0.4 is 5.73 Å². The first-order valence-corrected chi connectivity index (χ1v) is 4.75. The van der Waals surface area contributed by atoms with Gasteiger partial charge in [0.1, 0.15) is 0 Å². The largest absolute Gasteiger partial charge is 0.319 e. The van der Waals surface area contributed by atoms with Crippen molar-refractivity contribution < 1.29 is 8.78 Å². The van der Waals surface area contributed by atoms with Crippen molar-refractivity contribution in [3.63, 3.8) is 0 Å². The van der Waals surface area contributed by atoms with Crippen LogP contribution in [0.15, 0.2) is 12.1 Å². The monoisotopic (exact) mass is 259 g/mol. The van der Waals surface area contributed by atoms with Gasteiger partial charge in [-0.25, -0.2) is 8.78 Å². The van der Waals surface area contributed by atoms with Crippen LogP contribution in [0.1, 0.15) is 11.6 Å². The molecule has 1 aromatic carbocycles. The fourth-order valence-corrected chi connectivity index (χ4v) is 2.07. The highest BCUT2D eigenvalue weighted by Crippen LogP contribution is 2.34. The molecule has 0 fully saturated rings. The lowest BCUT2D eigenvalue weighted by molar-refractivity contribution is 0.116. The Labute approximate surface area is 94.7 Å². The summed E-state index contributed by atoms with van der Waals surface area (Å²) in [7, 11) is 0. The van der Waals surface area contributed by atoms with E-state index >= 15 is 0 Å². The third kappa shape index (κ3) is 2.48. The molecule has 0 spiro atoms. The van der Waals surface area contributed by atoms with Gasteiger partial charge in [0.25, 0.3) is 6.43 Å². The van der Waals surface area contributed by atoms with Gasteiger partial charge in [-0.2, -0.15) is 0 Å². The molecule has 0 saturated heterocycles. The van der Waals surface area contributed by atoms with E-state index in [2.05, 4.69) is 0 Å². The summed E-state index contributed by atoms with van der Waals surface area (Å²) in [5, 5.41) is 0.385. The summed E-state index contributed by atoms with van der Waals surface area (Å²) in [6.45, 7) is 0. The molecule has 0 saturated carbocycles. The molecule has 2 N–H and O–H groups in total. The third-order valence-electron chi connectivity index (χ3n) is 1.65. The van der Waals surface area contributed by atoms with Gasteiger partial charge in [-0.1, -0.05) is 34.8 Å². The second-order valence-corrected chi connectivity index (χ2v) is 3.89. The summed E-state index contributed by atoms with van der Waals surface area (Å²) in [6, 6.07) is 1.16. The number of benzene rings is 1. The molecule has 1 aromatic rings. The molecule has 1 rings (SSSR count). The Hall–Kier alpha value is -0.0900. The molecule has 14 heavy (non-hydrogen) atoms. The quantitative estimate of drug-likeness (QED) is 0.857. The number of nitrogens with two attached hydrogens (primary N) is 1. The molecular formula is C8H6Cl3F2N. The molecule has 78 valence electrons. The molecule has 0 aliphatic heterocycles. The van der Waals surface area contributed by atoms with Gasteiger partial charge in [0.15, 0.2) is 0 Å². The first-order chi connectivity index (χ1) is 6.43.